The van der Waals surface area contributed by atoms with Gasteiger partial charge in [0.15, 0.2) is 0 Å². The van der Waals surface area contributed by atoms with Gasteiger partial charge >= 0.3 is 14.8 Å². The van der Waals surface area contributed by atoms with Gasteiger partial charge in [0.2, 0.25) is 6.79 Å². The summed E-state index contributed by atoms with van der Waals surface area (Å²) in [5, 5.41) is 7.74. The van der Waals surface area contributed by atoms with Crippen molar-refractivity contribution < 1.29 is 23.7 Å². The third-order valence-corrected chi connectivity index (χ3v) is 0.536. The summed E-state index contributed by atoms with van der Waals surface area (Å²) in [5.41, 5.74) is 0. The smallest absolute Gasteiger partial charge is 0.450 e. The van der Waals surface area contributed by atoms with E-state index in [9.17, 15) is 9.36 Å². The van der Waals surface area contributed by atoms with Crippen LogP contribution in [0.3, 0.4) is 0 Å². The van der Waals surface area contributed by atoms with E-state index in [0.717, 1.165) is 0 Å². The molecule has 0 aliphatic carbocycles. The topological polar surface area (TPSA) is 72.8 Å². The van der Waals surface area contributed by atoms with Crippen molar-refractivity contribution in [2.24, 2.45) is 0 Å². The molecule has 0 aliphatic heterocycles. The molecule has 0 radical (unpaired) electrons. The highest BCUT2D eigenvalue weighted by molar-refractivity contribution is 7.17. The molecule has 1 atom stereocenters. The lowest BCUT2D eigenvalue weighted by molar-refractivity contribution is 0.0319. The van der Waals surface area contributed by atoms with Crippen LogP contribution in [0, 0.1) is 0 Å². The van der Waals surface area contributed by atoms with Crippen LogP contribution in [-0.4, -0.2) is 18.1 Å². The maximum absolute atomic E-state index is 9.47. The van der Waals surface area contributed by atoms with Gasteiger partial charge in [0.1, 0.15) is 0 Å². The van der Waals surface area contributed by atoms with Crippen LogP contribution in [0.4, 0.5) is 4.79 Å². The molecule has 0 saturated heterocycles. The van der Waals surface area contributed by atoms with Crippen molar-refractivity contribution in [3.63, 3.8) is 0 Å². The SMILES string of the molecule is O=[PH+]OCOC(=O)O. The van der Waals surface area contributed by atoms with E-state index in [1.54, 1.807) is 0 Å². The first-order valence-corrected chi connectivity index (χ1v) is 2.43. The molecule has 8 heavy (non-hydrogen) atoms. The Hall–Kier alpha value is -0.670. The molecule has 0 aromatic heterocycles. The summed E-state index contributed by atoms with van der Waals surface area (Å²) < 4.78 is 17.2. The zero-order valence-corrected chi connectivity index (χ0v) is 4.79. The summed E-state index contributed by atoms with van der Waals surface area (Å²) in [6, 6.07) is 0. The highest BCUT2D eigenvalue weighted by Gasteiger charge is 1.96. The summed E-state index contributed by atoms with van der Waals surface area (Å²) >= 11 is 0. The van der Waals surface area contributed by atoms with Gasteiger partial charge in [0.05, 0.1) is 0 Å². The summed E-state index contributed by atoms with van der Waals surface area (Å²) in [6.45, 7) is -0.475. The number of carbonyl (C=O) groups is 1. The lowest BCUT2D eigenvalue weighted by atomic mass is 11.3. The van der Waals surface area contributed by atoms with Gasteiger partial charge in [-0.1, -0.05) is 0 Å². The van der Waals surface area contributed by atoms with Crippen molar-refractivity contribution in [1.29, 1.82) is 0 Å². The van der Waals surface area contributed by atoms with Gasteiger partial charge < -0.3 is 9.84 Å². The summed E-state index contributed by atoms with van der Waals surface area (Å²) in [7, 11) is -0.981. The number of carboxylic acid groups (broad SMARTS) is 1. The Balaban J connectivity index is 2.93. The van der Waals surface area contributed by atoms with Gasteiger partial charge in [-0.25, -0.2) is 4.79 Å². The first-order valence-electron chi connectivity index (χ1n) is 1.62. The Morgan fingerprint density at radius 3 is 2.75 bits per heavy atom. The molecule has 0 aliphatic rings. The molecule has 0 aromatic carbocycles. The number of hydrogen-bond acceptors (Lipinski definition) is 4. The van der Waals surface area contributed by atoms with Gasteiger partial charge in [-0.3, -0.25) is 0 Å². The molecule has 0 rings (SSSR count). The van der Waals surface area contributed by atoms with Crippen molar-refractivity contribution in [2.45, 2.75) is 0 Å². The minimum atomic E-state index is -1.44. The average molecular weight is 139 g/mol. The van der Waals surface area contributed by atoms with Crippen molar-refractivity contribution in [1.82, 2.24) is 0 Å². The number of ether oxygens (including phenoxy) is 1. The minimum Gasteiger partial charge on any atom is -0.450 e. The summed E-state index contributed by atoms with van der Waals surface area (Å²) in [5.74, 6) is 0. The van der Waals surface area contributed by atoms with E-state index in [-0.39, 0.29) is 0 Å². The predicted molar refractivity (Wildman–Crippen MR) is 24.1 cm³/mol. The number of rotatable bonds is 3. The second-order valence-electron chi connectivity index (χ2n) is 0.756. The van der Waals surface area contributed by atoms with Crippen LogP contribution in [0.5, 0.6) is 0 Å². The van der Waals surface area contributed by atoms with Crippen molar-refractivity contribution in [3.8, 4) is 0 Å². The van der Waals surface area contributed by atoms with Crippen LogP contribution in [0.1, 0.15) is 0 Å². The Morgan fingerprint density at radius 2 is 2.38 bits per heavy atom. The van der Waals surface area contributed by atoms with E-state index in [1.807, 2.05) is 0 Å². The van der Waals surface area contributed by atoms with E-state index in [0.29, 0.717) is 0 Å². The maximum Gasteiger partial charge on any atom is 0.508 e. The first kappa shape index (κ1) is 7.33. The fourth-order valence-corrected chi connectivity index (χ4v) is 0.211. The normalized spacial score (nSPS) is 9.00. The van der Waals surface area contributed by atoms with Crippen LogP contribution in [0.15, 0.2) is 0 Å². The van der Waals surface area contributed by atoms with Gasteiger partial charge in [0.25, 0.3) is 0 Å². The lowest BCUT2D eigenvalue weighted by Crippen LogP contribution is -2.00. The van der Waals surface area contributed by atoms with E-state index < -0.39 is 21.6 Å². The zero-order chi connectivity index (χ0) is 6.41. The van der Waals surface area contributed by atoms with Crippen LogP contribution >= 0.6 is 8.69 Å². The van der Waals surface area contributed by atoms with Crippen LogP contribution in [-0.2, 0) is 13.8 Å². The molecule has 46 valence electrons. The van der Waals surface area contributed by atoms with Crippen LogP contribution < -0.4 is 0 Å². The fraction of sp³-hybridized carbons (Fsp3) is 0.500. The average Bonchev–Trinajstić information content (AvgIpc) is 1.66. The second kappa shape index (κ2) is 4.49. The van der Waals surface area contributed by atoms with E-state index in [2.05, 4.69) is 9.26 Å². The Morgan fingerprint density at radius 1 is 1.75 bits per heavy atom. The van der Waals surface area contributed by atoms with Crippen molar-refractivity contribution in [2.75, 3.05) is 6.79 Å². The molecule has 0 spiro atoms. The van der Waals surface area contributed by atoms with E-state index in [1.165, 1.54) is 0 Å². The molecule has 0 amide bonds. The monoisotopic (exact) mass is 139 g/mol. The Labute approximate surface area is 46.5 Å². The molecule has 0 fully saturated rings. The third kappa shape index (κ3) is 5.33. The Kier molecular flexibility index (Phi) is 4.11. The van der Waals surface area contributed by atoms with Gasteiger partial charge in [-0.2, -0.15) is 0 Å². The molecule has 6 heteroatoms. The first-order chi connectivity index (χ1) is 3.77. The van der Waals surface area contributed by atoms with E-state index >= 15 is 0 Å². The van der Waals surface area contributed by atoms with Crippen LogP contribution in [0.2, 0.25) is 0 Å². The molecule has 1 N–H and O–H groups in total. The zero-order valence-electron chi connectivity index (χ0n) is 3.79. The molecule has 0 bridgehead atoms. The Bertz CT molecular complexity index is 90.4. The number of hydrogen-bond donors (Lipinski definition) is 1. The van der Waals surface area contributed by atoms with Gasteiger partial charge in [-0.05, 0) is 4.57 Å². The molecule has 0 saturated carbocycles. The summed E-state index contributed by atoms with van der Waals surface area (Å²) in [6.07, 6.45) is -1.44. The fourth-order valence-electron chi connectivity index (χ4n) is 0.104. The maximum atomic E-state index is 9.47. The van der Waals surface area contributed by atoms with Crippen molar-refractivity contribution in [3.05, 3.63) is 0 Å². The highest BCUT2D eigenvalue weighted by atomic mass is 31.1. The van der Waals surface area contributed by atoms with Crippen molar-refractivity contribution >= 4 is 14.8 Å². The second-order valence-corrected chi connectivity index (χ2v) is 1.21. The van der Waals surface area contributed by atoms with Crippen LogP contribution in [0.25, 0.3) is 0 Å². The third-order valence-electron chi connectivity index (χ3n) is 0.300. The molecule has 0 aromatic rings. The molecular formula is C2H4O5P+. The van der Waals surface area contributed by atoms with E-state index in [4.69, 9.17) is 5.11 Å². The largest absolute Gasteiger partial charge is 0.508 e. The molecule has 5 nitrogen and oxygen atoms in total. The molecule has 1 unspecified atom stereocenters. The molecule has 0 heterocycles. The standard InChI is InChI=1S/C2H3O5P/c3-2(4)6-1-7-8-5/h8H,1H2/p+1. The van der Waals surface area contributed by atoms with Gasteiger partial charge in [-0.15, -0.1) is 4.52 Å². The molecular weight excluding hydrogens is 135 g/mol. The minimum absolute atomic E-state index is 0.475. The summed E-state index contributed by atoms with van der Waals surface area (Å²) in [4.78, 5) is 9.47. The highest BCUT2D eigenvalue weighted by Crippen LogP contribution is 1.92. The lowest BCUT2D eigenvalue weighted by Gasteiger charge is -1.87. The van der Waals surface area contributed by atoms with Gasteiger partial charge in [0, 0.05) is 0 Å². The predicted octanol–water partition coefficient (Wildman–Crippen LogP) is 0.594. The quantitative estimate of drug-likeness (QED) is 0.268.